The molecule has 0 saturated carbocycles. The lowest BCUT2D eigenvalue weighted by atomic mass is 10.0. The number of anilines is 1. The lowest BCUT2D eigenvalue weighted by Crippen LogP contribution is -2.40. The number of allylic oxidation sites excluding steroid dienone is 1. The molecule has 1 N–H and O–H groups in total. The van der Waals surface area contributed by atoms with E-state index >= 15 is 0 Å². The average molecular weight is 462 g/mol. The second-order valence-corrected chi connectivity index (χ2v) is 7.62. The van der Waals surface area contributed by atoms with E-state index in [4.69, 9.17) is 16.9 Å². The zero-order valence-electron chi connectivity index (χ0n) is 17.2. The molecule has 6 nitrogen and oxygen atoms in total. The standard InChI is InChI=1S/C22H19ClF3N5O/c1-14(11-27)12-30(2)19-13-31(29-20(19)15-3-7-17(23)8-4-15)21(32)28-18-9-5-16(6-10-18)22(24,25)26/h3-10,12,19H,13H2,1-2H3,(H,28,32)/b14-12+. The number of rotatable bonds is 4. The number of nitrogens with zero attached hydrogens (tertiary/aromatic N) is 4. The molecule has 2 aromatic rings. The van der Waals surface area contributed by atoms with Gasteiger partial charge < -0.3 is 10.2 Å². The van der Waals surface area contributed by atoms with E-state index in [9.17, 15) is 18.0 Å². The minimum atomic E-state index is -4.46. The van der Waals surface area contributed by atoms with Crippen molar-refractivity contribution in [3.63, 3.8) is 0 Å². The molecular formula is C22H19ClF3N5O. The second-order valence-electron chi connectivity index (χ2n) is 7.18. The van der Waals surface area contributed by atoms with Crippen molar-refractivity contribution >= 4 is 29.0 Å². The molecule has 1 atom stereocenters. The van der Waals surface area contributed by atoms with Gasteiger partial charge in [0.05, 0.1) is 29.9 Å². The van der Waals surface area contributed by atoms with Crippen LogP contribution in [0.15, 0.2) is 65.4 Å². The van der Waals surface area contributed by atoms with Crippen LogP contribution in [-0.2, 0) is 6.18 Å². The van der Waals surface area contributed by atoms with E-state index in [0.29, 0.717) is 16.3 Å². The number of nitrogens with one attached hydrogen (secondary N) is 1. The molecule has 166 valence electrons. The van der Waals surface area contributed by atoms with Gasteiger partial charge in [0.25, 0.3) is 0 Å². The van der Waals surface area contributed by atoms with Crippen LogP contribution < -0.4 is 5.32 Å². The fraction of sp³-hybridized carbons (Fsp3) is 0.227. The maximum Gasteiger partial charge on any atom is 0.416 e. The second kappa shape index (κ2) is 9.32. The third-order valence-corrected chi connectivity index (χ3v) is 5.05. The van der Waals surface area contributed by atoms with Gasteiger partial charge in [-0.3, -0.25) is 0 Å². The molecule has 0 bridgehead atoms. The van der Waals surface area contributed by atoms with Crippen molar-refractivity contribution in [2.24, 2.45) is 5.10 Å². The first-order valence-corrected chi connectivity index (χ1v) is 9.87. The summed E-state index contributed by atoms with van der Waals surface area (Å²) < 4.78 is 38.2. The van der Waals surface area contributed by atoms with Gasteiger partial charge in [-0.1, -0.05) is 23.7 Å². The molecule has 2 aromatic carbocycles. The summed E-state index contributed by atoms with van der Waals surface area (Å²) in [5.41, 5.74) is 1.23. The predicted octanol–water partition coefficient (Wildman–Crippen LogP) is 5.34. The maximum atomic E-state index is 12.8. The number of benzene rings is 2. The number of hydrogen-bond acceptors (Lipinski definition) is 4. The highest BCUT2D eigenvalue weighted by atomic mass is 35.5. The highest BCUT2D eigenvalue weighted by molar-refractivity contribution is 6.30. The molecule has 3 rings (SSSR count). The molecule has 0 fully saturated rings. The van der Waals surface area contributed by atoms with Gasteiger partial charge in [0.15, 0.2) is 0 Å². The molecule has 0 radical (unpaired) electrons. The monoisotopic (exact) mass is 461 g/mol. The number of hydrogen-bond donors (Lipinski definition) is 1. The highest BCUT2D eigenvalue weighted by Gasteiger charge is 2.34. The Balaban J connectivity index is 1.83. The van der Waals surface area contributed by atoms with Gasteiger partial charge >= 0.3 is 12.2 Å². The maximum absolute atomic E-state index is 12.8. The summed E-state index contributed by atoms with van der Waals surface area (Å²) in [4.78, 5) is 14.5. The van der Waals surface area contributed by atoms with Crippen molar-refractivity contribution in [2.45, 2.75) is 19.1 Å². The van der Waals surface area contributed by atoms with E-state index in [0.717, 1.165) is 17.7 Å². The summed E-state index contributed by atoms with van der Waals surface area (Å²) in [7, 11) is 1.77. The third kappa shape index (κ3) is 5.39. The van der Waals surface area contributed by atoms with Crippen LogP contribution >= 0.6 is 11.6 Å². The van der Waals surface area contributed by atoms with Crippen LogP contribution in [0.4, 0.5) is 23.7 Å². The van der Waals surface area contributed by atoms with Crippen molar-refractivity contribution < 1.29 is 18.0 Å². The lowest BCUT2D eigenvalue weighted by molar-refractivity contribution is -0.137. The summed E-state index contributed by atoms with van der Waals surface area (Å²) in [6.07, 6.45) is -2.80. The Kier molecular flexibility index (Phi) is 6.75. The molecule has 0 aromatic heterocycles. The molecule has 2 amide bonds. The average Bonchev–Trinajstić information content (AvgIpc) is 3.19. The first kappa shape index (κ1) is 23.2. The Morgan fingerprint density at radius 2 is 1.88 bits per heavy atom. The van der Waals surface area contributed by atoms with E-state index in [2.05, 4.69) is 16.5 Å². The first-order valence-electron chi connectivity index (χ1n) is 9.49. The van der Waals surface area contributed by atoms with Gasteiger partial charge in [0.1, 0.15) is 0 Å². The van der Waals surface area contributed by atoms with E-state index in [1.54, 1.807) is 49.3 Å². The summed E-state index contributed by atoms with van der Waals surface area (Å²) in [6, 6.07) is 12.2. The zero-order valence-corrected chi connectivity index (χ0v) is 17.9. The minimum absolute atomic E-state index is 0.177. The molecule has 10 heteroatoms. The number of likely N-dealkylation sites (N-methyl/N-ethyl adjacent to an activating group) is 1. The molecule has 0 spiro atoms. The smallest absolute Gasteiger partial charge is 0.369 e. The molecule has 0 saturated heterocycles. The van der Waals surface area contributed by atoms with Crippen molar-refractivity contribution in [1.29, 1.82) is 5.26 Å². The Morgan fingerprint density at radius 3 is 2.44 bits per heavy atom. The largest absolute Gasteiger partial charge is 0.416 e. The Labute approximate surface area is 188 Å². The van der Waals surface area contributed by atoms with Crippen LogP contribution in [0.3, 0.4) is 0 Å². The van der Waals surface area contributed by atoms with E-state index in [1.807, 2.05) is 0 Å². The first-order chi connectivity index (χ1) is 15.1. The topological polar surface area (TPSA) is 71.7 Å². The molecule has 1 aliphatic heterocycles. The molecule has 1 heterocycles. The van der Waals surface area contributed by atoms with Gasteiger partial charge in [0.2, 0.25) is 0 Å². The van der Waals surface area contributed by atoms with E-state index in [-0.39, 0.29) is 18.3 Å². The molecule has 0 aliphatic carbocycles. The lowest BCUT2D eigenvalue weighted by Gasteiger charge is -2.24. The Hall–Kier alpha value is -3.51. The summed E-state index contributed by atoms with van der Waals surface area (Å²) in [6.45, 7) is 1.84. The SMILES string of the molecule is C/C(C#N)=C\N(C)C1CN(C(=O)Nc2ccc(C(F)(F)F)cc2)N=C1c1ccc(Cl)cc1. The number of amides is 2. The van der Waals surface area contributed by atoms with Gasteiger partial charge in [-0.25, -0.2) is 9.80 Å². The number of halogens is 4. The summed E-state index contributed by atoms with van der Waals surface area (Å²) in [5, 5.41) is 17.8. The Bertz CT molecular complexity index is 1090. The van der Waals surface area contributed by atoms with Crippen LogP contribution in [0, 0.1) is 11.3 Å². The molecular weight excluding hydrogens is 443 g/mol. The number of carbonyl (C=O) groups is 1. The van der Waals surface area contributed by atoms with Crippen LogP contribution in [0.25, 0.3) is 0 Å². The van der Waals surface area contributed by atoms with Crippen LogP contribution in [0.2, 0.25) is 5.02 Å². The van der Waals surface area contributed by atoms with Crippen molar-refractivity contribution in [2.75, 3.05) is 18.9 Å². The van der Waals surface area contributed by atoms with Crippen LogP contribution in [-0.4, -0.2) is 41.3 Å². The normalized spacial score (nSPS) is 16.4. The predicted molar refractivity (Wildman–Crippen MR) is 116 cm³/mol. The summed E-state index contributed by atoms with van der Waals surface area (Å²) >= 11 is 5.97. The van der Waals surface area contributed by atoms with Gasteiger partial charge in [0, 0.05) is 35.1 Å². The zero-order chi connectivity index (χ0) is 23.5. The van der Waals surface area contributed by atoms with E-state index in [1.165, 1.54) is 17.1 Å². The van der Waals surface area contributed by atoms with Crippen LogP contribution in [0.1, 0.15) is 18.1 Å². The number of urea groups is 1. The Morgan fingerprint density at radius 1 is 1.25 bits per heavy atom. The van der Waals surface area contributed by atoms with Gasteiger partial charge in [-0.15, -0.1) is 0 Å². The summed E-state index contributed by atoms with van der Waals surface area (Å²) in [5.74, 6) is 0. The molecule has 1 unspecified atom stereocenters. The van der Waals surface area contributed by atoms with Crippen molar-refractivity contribution in [3.8, 4) is 6.07 Å². The number of alkyl halides is 3. The van der Waals surface area contributed by atoms with Gasteiger partial charge in [-0.05, 0) is 43.3 Å². The quantitative estimate of drug-likeness (QED) is 0.625. The van der Waals surface area contributed by atoms with Crippen molar-refractivity contribution in [1.82, 2.24) is 9.91 Å². The minimum Gasteiger partial charge on any atom is -0.369 e. The third-order valence-electron chi connectivity index (χ3n) is 4.79. The highest BCUT2D eigenvalue weighted by Crippen LogP contribution is 2.30. The van der Waals surface area contributed by atoms with Gasteiger partial charge in [-0.2, -0.15) is 23.5 Å². The molecule has 1 aliphatic rings. The van der Waals surface area contributed by atoms with Crippen molar-refractivity contribution in [3.05, 3.63) is 76.5 Å². The number of hydrazone groups is 1. The van der Waals surface area contributed by atoms with Crippen LogP contribution in [0.5, 0.6) is 0 Å². The fourth-order valence-corrected chi connectivity index (χ4v) is 3.29. The van der Waals surface area contributed by atoms with E-state index < -0.39 is 17.8 Å². The number of carbonyl (C=O) groups excluding carboxylic acids is 1. The molecule has 32 heavy (non-hydrogen) atoms. The fourth-order valence-electron chi connectivity index (χ4n) is 3.16. The number of nitriles is 1.